The van der Waals surface area contributed by atoms with Gasteiger partial charge in [-0.1, -0.05) is 0 Å². The van der Waals surface area contributed by atoms with Crippen molar-refractivity contribution in [1.29, 1.82) is 0 Å². The minimum Gasteiger partial charge on any atom is -0.480 e. The Labute approximate surface area is 115 Å². The van der Waals surface area contributed by atoms with Gasteiger partial charge < -0.3 is 15.2 Å². The van der Waals surface area contributed by atoms with Gasteiger partial charge in [-0.05, 0) is 26.3 Å². The molecule has 1 rings (SSSR count). The van der Waals surface area contributed by atoms with Crippen LogP contribution >= 0.6 is 0 Å². The number of nitrogens with zero attached hydrogens (tertiary/aromatic N) is 2. The number of carbonyl (C=O) groups is 2. The molecule has 0 saturated heterocycles. The molecule has 1 amide bonds. The Morgan fingerprint density at radius 2 is 2.32 bits per heavy atom. The maximum absolute atomic E-state index is 11.6. The third-order valence-electron chi connectivity index (χ3n) is 2.06. The maximum atomic E-state index is 11.6. The van der Waals surface area contributed by atoms with Gasteiger partial charge in [-0.25, -0.2) is 9.59 Å². The van der Waals surface area contributed by atoms with Crippen LogP contribution in [0.1, 0.15) is 30.4 Å². The van der Waals surface area contributed by atoms with Crippen molar-refractivity contribution >= 4 is 12.1 Å². The summed E-state index contributed by atoms with van der Waals surface area (Å²) in [7, 11) is 0. The highest BCUT2D eigenvalue weighted by atomic mass is 16.6. The van der Waals surface area contributed by atoms with E-state index < -0.39 is 30.7 Å². The summed E-state index contributed by atoms with van der Waals surface area (Å²) in [5.41, 5.74) is -0.376. The van der Waals surface area contributed by atoms with Crippen molar-refractivity contribution in [3.8, 4) is 0 Å². The molecule has 0 saturated carbocycles. The van der Waals surface area contributed by atoms with Gasteiger partial charge in [-0.3, -0.25) is 4.68 Å². The van der Waals surface area contributed by atoms with E-state index in [2.05, 4.69) is 10.4 Å². The molecular weight excluding hydrogens is 250 g/mol. The van der Waals surface area contributed by atoms with Gasteiger partial charge in [0.25, 0.3) is 0 Å². The van der Waals surface area contributed by atoms with Crippen molar-refractivity contribution in [2.45, 2.75) is 38.8 Å². The predicted octanol–water partition coefficient (Wildman–Crippen LogP) is 0.941. The van der Waals surface area contributed by atoms with Crippen LogP contribution in [0.25, 0.3) is 0 Å². The Balaban J connectivity index is 2.75. The molecule has 0 unspecified atom stereocenters. The number of rotatable bonds is 4. The molecule has 1 aromatic rings. The lowest BCUT2D eigenvalue weighted by molar-refractivity contribution is -0.139. The van der Waals surface area contributed by atoms with Crippen LogP contribution in [-0.2, 0) is 22.9 Å². The molecule has 0 aromatic carbocycles. The van der Waals surface area contributed by atoms with Crippen LogP contribution in [0.3, 0.4) is 0 Å². The predicted molar refractivity (Wildman–Crippen MR) is 67.7 cm³/mol. The monoisotopic (exact) mass is 272 g/mol. The summed E-state index contributed by atoms with van der Waals surface area (Å²) in [6.07, 6.45) is 1.51. The highest BCUT2D eigenvalue weighted by molar-refractivity contribution is 5.80. The molecule has 7 nitrogen and oxygen atoms in total. The lowest BCUT2D eigenvalue weighted by Gasteiger charge is -2.21. The average molecular weight is 272 g/mol. The number of aryl methyl sites for hydroxylation is 1. The van der Waals surface area contributed by atoms with E-state index in [4.69, 9.17) is 14.0 Å². The van der Waals surface area contributed by atoms with Crippen LogP contribution in [0.5, 0.6) is 0 Å². The van der Waals surface area contributed by atoms with Crippen LogP contribution in [0.2, 0.25) is 0 Å². The fourth-order valence-corrected chi connectivity index (χ4v) is 1.35. The van der Waals surface area contributed by atoms with Crippen molar-refractivity contribution in [3.05, 3.63) is 18.0 Å². The van der Waals surface area contributed by atoms with Crippen LogP contribution in [-0.4, -0.2) is 38.6 Å². The molecule has 0 bridgehead atoms. The number of alkyl carbamates (subject to hydrolysis) is 1. The summed E-state index contributed by atoms with van der Waals surface area (Å²) in [4.78, 5) is 22.8. The lowest BCUT2D eigenvalue weighted by atomic mass is 10.1. The van der Waals surface area contributed by atoms with E-state index in [0.717, 1.165) is 4.68 Å². The van der Waals surface area contributed by atoms with Crippen LogP contribution in [0.15, 0.2) is 12.4 Å². The normalized spacial score (nSPS) is 15.8. The van der Waals surface area contributed by atoms with E-state index in [1.54, 1.807) is 20.8 Å². The Hall–Kier alpha value is -2.05. The van der Waals surface area contributed by atoms with E-state index in [1.165, 1.54) is 12.4 Å². The van der Waals surface area contributed by atoms with Gasteiger partial charge in [-0.15, -0.1) is 0 Å². The average Bonchev–Trinajstić information content (AvgIpc) is 2.73. The number of nitrogens with one attached hydrogen (secondary N) is 1. The molecule has 1 atom stereocenters. The summed E-state index contributed by atoms with van der Waals surface area (Å²) in [5, 5.41) is 15.0. The molecule has 0 radical (unpaired) electrons. The molecule has 0 aliphatic heterocycles. The molecule has 1 heterocycles. The maximum Gasteiger partial charge on any atom is 0.408 e. The van der Waals surface area contributed by atoms with Crippen LogP contribution < -0.4 is 5.32 Å². The fraction of sp³-hybridized carbons (Fsp3) is 0.583. The molecule has 19 heavy (non-hydrogen) atoms. The number of carboxylic acid groups (broad SMARTS) is 1. The van der Waals surface area contributed by atoms with Crippen molar-refractivity contribution in [2.24, 2.45) is 6.98 Å². The quantitative estimate of drug-likeness (QED) is 0.850. The van der Waals surface area contributed by atoms with Gasteiger partial charge in [-0.2, -0.15) is 5.10 Å². The zero-order chi connectivity index (χ0) is 17.1. The van der Waals surface area contributed by atoms with Gasteiger partial charge in [0.1, 0.15) is 11.6 Å². The summed E-state index contributed by atoms with van der Waals surface area (Å²) in [5.74, 6) is -1.26. The largest absolute Gasteiger partial charge is 0.480 e. The number of aromatic nitrogens is 2. The van der Waals surface area contributed by atoms with E-state index in [-0.39, 0.29) is 6.42 Å². The van der Waals surface area contributed by atoms with E-state index >= 15 is 0 Å². The molecule has 2 N–H and O–H groups in total. The minimum atomic E-state index is -2.43. The molecule has 106 valence electrons. The Kier molecular flexibility index (Phi) is 3.27. The lowest BCUT2D eigenvalue weighted by Crippen LogP contribution is -2.44. The standard InChI is InChI=1S/C12H19N3O4/c1-12(2,3)19-11(18)14-9(10(16)17)5-8-6-13-15(4)7-8/h6-7,9H,5H2,1-4H3,(H,14,18)(H,16,17)/t9-/m1/s1/i4D3. The van der Waals surface area contributed by atoms with Crippen molar-refractivity contribution < 1.29 is 23.5 Å². The Morgan fingerprint density at radius 3 is 2.79 bits per heavy atom. The number of ether oxygens (including phenoxy) is 1. The third-order valence-corrected chi connectivity index (χ3v) is 2.06. The zero-order valence-corrected chi connectivity index (χ0v) is 11.0. The van der Waals surface area contributed by atoms with Crippen LogP contribution in [0, 0.1) is 0 Å². The molecule has 1 aromatic heterocycles. The summed E-state index contributed by atoms with van der Waals surface area (Å²) in [6.45, 7) is 2.53. The molecular formula is C12H19N3O4. The fourth-order valence-electron chi connectivity index (χ4n) is 1.35. The van der Waals surface area contributed by atoms with Gasteiger partial charge in [0.15, 0.2) is 0 Å². The zero-order valence-electron chi connectivity index (χ0n) is 14.0. The van der Waals surface area contributed by atoms with Gasteiger partial charge in [0.2, 0.25) is 0 Å². The molecule has 7 heteroatoms. The van der Waals surface area contributed by atoms with E-state index in [9.17, 15) is 9.59 Å². The first-order valence-electron chi connectivity index (χ1n) is 7.15. The number of amides is 1. The van der Waals surface area contributed by atoms with Crippen molar-refractivity contribution in [1.82, 2.24) is 15.1 Å². The molecule has 0 aliphatic carbocycles. The first kappa shape index (κ1) is 10.8. The highest BCUT2D eigenvalue weighted by Gasteiger charge is 2.24. The topological polar surface area (TPSA) is 93.5 Å². The van der Waals surface area contributed by atoms with Gasteiger partial charge in [0, 0.05) is 23.7 Å². The first-order valence-corrected chi connectivity index (χ1v) is 5.65. The summed E-state index contributed by atoms with van der Waals surface area (Å²) < 4.78 is 27.3. The first-order chi connectivity index (χ1) is 9.88. The highest BCUT2D eigenvalue weighted by Crippen LogP contribution is 2.08. The molecule has 0 aliphatic rings. The number of carboxylic acids is 1. The SMILES string of the molecule is [2H]C([2H])([2H])n1cc(C[C@@H](NC(=O)OC(C)(C)C)C(=O)O)cn1. The second-order valence-corrected chi connectivity index (χ2v) is 5.03. The summed E-state index contributed by atoms with van der Waals surface area (Å²) in [6, 6.07) is -1.25. The van der Waals surface area contributed by atoms with Crippen molar-refractivity contribution in [2.75, 3.05) is 0 Å². The van der Waals surface area contributed by atoms with Gasteiger partial charge in [0.05, 0.1) is 6.20 Å². The van der Waals surface area contributed by atoms with E-state index in [1.807, 2.05) is 0 Å². The Bertz CT molecular complexity index is 549. The number of aliphatic carboxylic acids is 1. The molecule has 0 fully saturated rings. The molecule has 0 spiro atoms. The second kappa shape index (κ2) is 5.73. The second-order valence-electron chi connectivity index (χ2n) is 5.03. The third kappa shape index (κ3) is 5.41. The van der Waals surface area contributed by atoms with Crippen LogP contribution in [0.4, 0.5) is 4.79 Å². The summed E-state index contributed by atoms with van der Waals surface area (Å²) >= 11 is 0. The van der Waals surface area contributed by atoms with E-state index in [0.29, 0.717) is 5.56 Å². The smallest absolute Gasteiger partial charge is 0.408 e. The van der Waals surface area contributed by atoms with Crippen molar-refractivity contribution in [3.63, 3.8) is 0 Å². The number of hydrogen-bond acceptors (Lipinski definition) is 4. The Morgan fingerprint density at radius 1 is 1.63 bits per heavy atom. The van der Waals surface area contributed by atoms with Gasteiger partial charge >= 0.3 is 12.1 Å². The minimum absolute atomic E-state index is 0.106. The number of hydrogen-bond donors (Lipinski definition) is 2. The number of carbonyl (C=O) groups excluding carboxylic acids is 1.